The lowest BCUT2D eigenvalue weighted by molar-refractivity contribution is 0.415. The van der Waals surface area contributed by atoms with Gasteiger partial charge in [-0.3, -0.25) is 0 Å². The summed E-state index contributed by atoms with van der Waals surface area (Å²) in [6, 6.07) is 7.92. The molecular weight excluding hydrogens is 341 g/mol. The monoisotopic (exact) mass is 351 g/mol. The maximum atomic E-state index is 5.26. The number of hydrogen-bond donors (Lipinski definition) is 0. The van der Waals surface area contributed by atoms with Crippen molar-refractivity contribution in [3.8, 4) is 11.6 Å². The topological polar surface area (TPSA) is 39.9 Å². The van der Waals surface area contributed by atoms with E-state index in [1.54, 1.807) is 24.2 Å². The van der Waals surface area contributed by atoms with Gasteiger partial charge in [0.2, 0.25) is 0 Å². The molecule has 0 unspecified atom stereocenters. The molecule has 2 aromatic heterocycles. The Labute approximate surface area is 118 Å². The standard InChI is InChI=1S/C13H10IN3O/c1-18-11-3-2-9-4-5-15-13(12(9)6-11)17-8-10(14)7-16-17/h2-8H,1H3. The van der Waals surface area contributed by atoms with Crippen molar-refractivity contribution in [2.75, 3.05) is 7.11 Å². The number of fused-ring (bicyclic) bond motifs is 1. The molecule has 0 N–H and O–H groups in total. The summed E-state index contributed by atoms with van der Waals surface area (Å²) in [6.45, 7) is 0. The molecule has 0 aliphatic rings. The van der Waals surface area contributed by atoms with Gasteiger partial charge in [0.05, 0.1) is 16.9 Å². The maximum absolute atomic E-state index is 5.26. The second kappa shape index (κ2) is 4.56. The van der Waals surface area contributed by atoms with Crippen molar-refractivity contribution in [2.45, 2.75) is 0 Å². The van der Waals surface area contributed by atoms with E-state index in [0.717, 1.165) is 25.9 Å². The van der Waals surface area contributed by atoms with Crippen molar-refractivity contribution in [1.82, 2.24) is 14.8 Å². The van der Waals surface area contributed by atoms with E-state index in [4.69, 9.17) is 4.74 Å². The normalized spacial score (nSPS) is 10.8. The molecule has 4 nitrogen and oxygen atoms in total. The van der Waals surface area contributed by atoms with Crippen LogP contribution in [0.4, 0.5) is 0 Å². The number of nitrogens with zero attached hydrogens (tertiary/aromatic N) is 3. The van der Waals surface area contributed by atoms with Crippen LogP contribution in [0, 0.1) is 3.57 Å². The van der Waals surface area contributed by atoms with Gasteiger partial charge >= 0.3 is 0 Å². The first-order valence-corrected chi connectivity index (χ1v) is 6.49. The van der Waals surface area contributed by atoms with Crippen molar-refractivity contribution in [3.05, 3.63) is 46.4 Å². The van der Waals surface area contributed by atoms with Crippen LogP contribution in [0.15, 0.2) is 42.9 Å². The zero-order valence-corrected chi connectivity index (χ0v) is 11.8. The first-order chi connectivity index (χ1) is 8.78. The smallest absolute Gasteiger partial charge is 0.161 e. The lowest BCUT2D eigenvalue weighted by Crippen LogP contribution is -1.98. The maximum Gasteiger partial charge on any atom is 0.161 e. The Balaban J connectivity index is 2.28. The molecule has 1 aromatic carbocycles. The molecule has 5 heteroatoms. The molecule has 90 valence electrons. The molecule has 0 aliphatic carbocycles. The fourth-order valence-corrected chi connectivity index (χ4v) is 2.25. The molecule has 0 aliphatic heterocycles. The molecule has 0 radical (unpaired) electrons. The summed E-state index contributed by atoms with van der Waals surface area (Å²) in [7, 11) is 1.66. The van der Waals surface area contributed by atoms with E-state index in [-0.39, 0.29) is 0 Å². The molecular formula is C13H10IN3O. The Kier molecular flexibility index (Phi) is 2.91. The van der Waals surface area contributed by atoms with Gasteiger partial charge in [-0.15, -0.1) is 0 Å². The van der Waals surface area contributed by atoms with Crippen molar-refractivity contribution in [1.29, 1.82) is 0 Å². The van der Waals surface area contributed by atoms with E-state index in [2.05, 4.69) is 32.7 Å². The third-order valence-electron chi connectivity index (χ3n) is 2.72. The van der Waals surface area contributed by atoms with Crippen molar-refractivity contribution in [2.24, 2.45) is 0 Å². The molecule has 2 heterocycles. The molecule has 0 fully saturated rings. The summed E-state index contributed by atoms with van der Waals surface area (Å²) in [5, 5.41) is 6.44. The van der Waals surface area contributed by atoms with Gasteiger partial charge in [-0.05, 0) is 46.2 Å². The van der Waals surface area contributed by atoms with Gasteiger partial charge in [-0.1, -0.05) is 6.07 Å². The van der Waals surface area contributed by atoms with Crippen molar-refractivity contribution in [3.63, 3.8) is 0 Å². The fraction of sp³-hybridized carbons (Fsp3) is 0.0769. The number of benzene rings is 1. The Morgan fingerprint density at radius 3 is 2.89 bits per heavy atom. The molecule has 0 saturated carbocycles. The Bertz CT molecular complexity index is 708. The summed E-state index contributed by atoms with van der Waals surface area (Å²) in [5.41, 5.74) is 0. The van der Waals surface area contributed by atoms with Crippen LogP contribution in [0.25, 0.3) is 16.6 Å². The summed E-state index contributed by atoms with van der Waals surface area (Å²) < 4.78 is 8.12. The van der Waals surface area contributed by atoms with Gasteiger partial charge < -0.3 is 4.74 Å². The highest BCUT2D eigenvalue weighted by Gasteiger charge is 2.07. The molecule has 0 bridgehead atoms. The Hall–Kier alpha value is -1.63. The number of rotatable bonds is 2. The number of hydrogen-bond acceptors (Lipinski definition) is 3. The first kappa shape index (κ1) is 11.5. The highest BCUT2D eigenvalue weighted by atomic mass is 127. The third-order valence-corrected chi connectivity index (χ3v) is 3.28. The number of aromatic nitrogens is 3. The van der Waals surface area contributed by atoms with E-state index >= 15 is 0 Å². The molecule has 3 rings (SSSR count). The van der Waals surface area contributed by atoms with Crippen LogP contribution < -0.4 is 4.74 Å². The summed E-state index contributed by atoms with van der Waals surface area (Å²) in [6.07, 6.45) is 5.54. The van der Waals surface area contributed by atoms with Gasteiger partial charge in [0.1, 0.15) is 5.75 Å². The molecule has 18 heavy (non-hydrogen) atoms. The second-order valence-corrected chi connectivity index (χ2v) is 5.07. The van der Waals surface area contributed by atoms with E-state index in [0.29, 0.717) is 0 Å². The predicted molar refractivity (Wildman–Crippen MR) is 78.1 cm³/mol. The zero-order chi connectivity index (χ0) is 12.5. The largest absolute Gasteiger partial charge is 0.497 e. The first-order valence-electron chi connectivity index (χ1n) is 5.41. The lowest BCUT2D eigenvalue weighted by Gasteiger charge is -2.07. The number of halogens is 1. The average Bonchev–Trinajstić information content (AvgIpc) is 2.84. The quantitative estimate of drug-likeness (QED) is 0.667. The van der Waals surface area contributed by atoms with Crippen molar-refractivity contribution < 1.29 is 4.74 Å². The molecule has 0 spiro atoms. The fourth-order valence-electron chi connectivity index (χ4n) is 1.86. The Morgan fingerprint density at radius 1 is 1.28 bits per heavy atom. The van der Waals surface area contributed by atoms with Gasteiger partial charge in [-0.25, -0.2) is 9.67 Å². The van der Waals surface area contributed by atoms with Crippen LogP contribution in [-0.4, -0.2) is 21.9 Å². The average molecular weight is 351 g/mol. The summed E-state index contributed by atoms with van der Waals surface area (Å²) in [5.74, 6) is 1.63. The van der Waals surface area contributed by atoms with Gasteiger partial charge in [-0.2, -0.15) is 5.10 Å². The summed E-state index contributed by atoms with van der Waals surface area (Å²) in [4.78, 5) is 4.41. The van der Waals surface area contributed by atoms with Gasteiger partial charge in [0.25, 0.3) is 0 Å². The zero-order valence-electron chi connectivity index (χ0n) is 9.67. The summed E-state index contributed by atoms with van der Waals surface area (Å²) >= 11 is 2.23. The minimum atomic E-state index is 0.814. The molecule has 0 saturated heterocycles. The number of pyridine rings is 1. The second-order valence-electron chi connectivity index (χ2n) is 3.82. The van der Waals surface area contributed by atoms with Crippen LogP contribution in [0.1, 0.15) is 0 Å². The van der Waals surface area contributed by atoms with E-state index in [9.17, 15) is 0 Å². The molecule has 0 amide bonds. The van der Waals surface area contributed by atoms with E-state index in [1.165, 1.54) is 0 Å². The van der Waals surface area contributed by atoms with Crippen LogP contribution in [0.5, 0.6) is 5.75 Å². The Morgan fingerprint density at radius 2 is 2.17 bits per heavy atom. The van der Waals surface area contributed by atoms with E-state index in [1.807, 2.05) is 30.5 Å². The molecule has 3 aromatic rings. The SMILES string of the molecule is COc1ccc2ccnc(-n3cc(I)cn3)c2c1. The van der Waals surface area contributed by atoms with Crippen LogP contribution in [-0.2, 0) is 0 Å². The number of methoxy groups -OCH3 is 1. The highest BCUT2D eigenvalue weighted by molar-refractivity contribution is 14.1. The van der Waals surface area contributed by atoms with Crippen LogP contribution >= 0.6 is 22.6 Å². The third kappa shape index (κ3) is 1.94. The van der Waals surface area contributed by atoms with Gasteiger partial charge in [0, 0.05) is 17.8 Å². The van der Waals surface area contributed by atoms with Crippen molar-refractivity contribution >= 4 is 33.4 Å². The minimum Gasteiger partial charge on any atom is -0.497 e. The number of ether oxygens (including phenoxy) is 1. The van der Waals surface area contributed by atoms with Crippen LogP contribution in [0.3, 0.4) is 0 Å². The van der Waals surface area contributed by atoms with E-state index < -0.39 is 0 Å². The molecule has 0 atom stereocenters. The van der Waals surface area contributed by atoms with Crippen LogP contribution in [0.2, 0.25) is 0 Å². The van der Waals surface area contributed by atoms with Gasteiger partial charge in [0.15, 0.2) is 5.82 Å². The minimum absolute atomic E-state index is 0.814. The highest BCUT2D eigenvalue weighted by Crippen LogP contribution is 2.24. The lowest BCUT2D eigenvalue weighted by atomic mass is 10.1. The predicted octanol–water partition coefficient (Wildman–Crippen LogP) is 3.03.